The highest BCUT2D eigenvalue weighted by Gasteiger charge is 2.50. The second-order valence-corrected chi connectivity index (χ2v) is 30.7. The van der Waals surface area contributed by atoms with Crippen LogP contribution in [0, 0.1) is 13.8 Å². The minimum Gasteiger partial charge on any atom is -0.390 e. The third kappa shape index (κ3) is 17.5. The monoisotopic (exact) mass is 1570 g/mol. The minimum absolute atomic E-state index is 0.00473. The molecular weight excluding hydrogens is 1510 g/mol. The van der Waals surface area contributed by atoms with Crippen LogP contribution >= 0.6 is 39.1 Å². The SMILES string of the molecule is Cc1cn([C@H]2C[C@H](OP(=O)(O)OC[C@H]3O[C@@H](n4cc(C)c(=O)[nH]c4=O)C[C@@H]3OP(=O)(O)OC[C@H]3O[C@@H](n4ccc(N)nc4=O)C[C@@H]3OP(=O)(O)OC[C@H]3O[C@@H](n4cnc5c(=O)[nH]c(N)nc54)C[C@@H]3OP(=O)(O)OC[C@H]3O[C@@H](n4cnc5c(=O)[nH]c(N)nc54)C[C@@H]3O)[C@@H](COP(=O)(O)O)O2)c(=O)[nH]c1=O. The number of rotatable bonds is 28. The molecule has 12 rings (SSSR count). The average Bonchev–Trinajstić information content (AvgIpc) is 1.64. The van der Waals surface area contributed by atoms with E-state index in [4.69, 9.17) is 77.1 Å². The fourth-order valence-electron chi connectivity index (χ4n) is 11.8. The van der Waals surface area contributed by atoms with Crippen molar-refractivity contribution in [3.8, 4) is 0 Å². The molecule has 7 aromatic heterocycles. The molecule has 0 saturated carbocycles. The normalized spacial score (nSPS) is 29.0. The van der Waals surface area contributed by atoms with Crippen LogP contribution in [0.4, 0.5) is 17.7 Å². The van der Waals surface area contributed by atoms with Gasteiger partial charge in [0, 0.05) is 61.8 Å². The van der Waals surface area contributed by atoms with Crippen LogP contribution in [0.1, 0.15) is 74.4 Å². The first-order valence-corrected chi connectivity index (χ1v) is 38.1. The predicted octanol–water partition coefficient (Wildman–Crippen LogP) is -3.11. The van der Waals surface area contributed by atoms with E-state index in [9.17, 15) is 90.9 Å². The Kier molecular flexibility index (Phi) is 21.8. The van der Waals surface area contributed by atoms with Crippen LogP contribution in [0.2, 0.25) is 0 Å². The van der Waals surface area contributed by atoms with Gasteiger partial charge in [-0.05, 0) is 19.9 Å². The summed E-state index contributed by atoms with van der Waals surface area (Å²) in [5, 5.41) is 11.0. The number of hydrogen-bond acceptors (Lipinski definition) is 35. The van der Waals surface area contributed by atoms with Crippen LogP contribution in [0.5, 0.6) is 0 Å². The number of nitrogens with one attached hydrogen (secondary N) is 4. The van der Waals surface area contributed by atoms with Gasteiger partial charge in [-0.1, -0.05) is 0 Å². The van der Waals surface area contributed by atoms with Gasteiger partial charge >= 0.3 is 56.2 Å². The van der Waals surface area contributed by atoms with E-state index in [0.29, 0.717) is 0 Å². The molecule has 0 aromatic carbocycles. The maximum Gasteiger partial charge on any atom is 0.472 e. The smallest absolute Gasteiger partial charge is 0.390 e. The number of phosphoric ester groups is 5. The highest BCUT2D eigenvalue weighted by molar-refractivity contribution is 7.48. The van der Waals surface area contributed by atoms with E-state index in [1.807, 2.05) is 9.97 Å². The number of H-pyrrole nitrogens is 4. The molecule has 0 bridgehead atoms. The van der Waals surface area contributed by atoms with E-state index in [1.165, 1.54) is 35.4 Å². The van der Waals surface area contributed by atoms with Crippen molar-refractivity contribution in [3.63, 3.8) is 0 Å². The number of aliphatic hydroxyl groups is 1. The number of phosphoric acid groups is 5. The summed E-state index contributed by atoms with van der Waals surface area (Å²) < 4.78 is 150. The van der Waals surface area contributed by atoms with Crippen molar-refractivity contribution in [2.24, 2.45) is 0 Å². The number of hydrogen-bond donors (Lipinski definition) is 14. The van der Waals surface area contributed by atoms with Gasteiger partial charge in [-0.2, -0.15) is 15.0 Å². The molecule has 5 aliphatic rings. The Morgan fingerprint density at radius 3 is 1.17 bits per heavy atom. The Bertz CT molecular complexity index is 5110. The molecule has 17 N–H and O–H groups in total. The molecule has 55 heteroatoms. The Balaban J connectivity index is 0.739. The van der Waals surface area contributed by atoms with Crippen molar-refractivity contribution in [2.75, 3.05) is 50.2 Å². The van der Waals surface area contributed by atoms with Crippen LogP contribution in [0.25, 0.3) is 22.3 Å². The van der Waals surface area contributed by atoms with Gasteiger partial charge in [-0.25, -0.2) is 47.2 Å². The van der Waals surface area contributed by atoms with E-state index in [1.54, 1.807) is 0 Å². The number of aromatic nitrogens is 14. The summed E-state index contributed by atoms with van der Waals surface area (Å²) >= 11 is 0. The van der Waals surface area contributed by atoms with Crippen LogP contribution in [-0.2, 0) is 87.2 Å². The molecule has 12 heterocycles. The van der Waals surface area contributed by atoms with E-state index >= 15 is 0 Å². The number of nitrogens with two attached hydrogens (primary N) is 3. The summed E-state index contributed by atoms with van der Waals surface area (Å²) in [5.74, 6) is -0.850. The molecule has 19 atom stereocenters. The summed E-state index contributed by atoms with van der Waals surface area (Å²) in [5.41, 5.74) is 10.6. The lowest BCUT2D eigenvalue weighted by Gasteiger charge is -2.25. The molecule has 5 fully saturated rings. The number of anilines is 3. The fourth-order valence-corrected chi connectivity index (χ4v) is 15.9. The first-order valence-electron chi connectivity index (χ1n) is 30.5. The molecular formula is C49H64N17O33P5. The van der Waals surface area contributed by atoms with Gasteiger partial charge < -0.3 is 75.4 Å². The van der Waals surface area contributed by atoms with Crippen molar-refractivity contribution >= 4 is 79.2 Å². The number of nitrogen functional groups attached to an aromatic ring is 3. The molecule has 104 heavy (non-hydrogen) atoms. The molecule has 5 saturated heterocycles. The van der Waals surface area contributed by atoms with E-state index in [0.717, 1.165) is 38.6 Å². The third-order valence-corrected chi connectivity index (χ3v) is 21.1. The first-order chi connectivity index (χ1) is 48.8. The zero-order valence-electron chi connectivity index (χ0n) is 53.4. The van der Waals surface area contributed by atoms with E-state index in [-0.39, 0.29) is 57.6 Å². The lowest BCUT2D eigenvalue weighted by atomic mass is 10.2. The maximum absolute atomic E-state index is 14.2. The van der Waals surface area contributed by atoms with Crippen molar-refractivity contribution in [1.29, 1.82) is 0 Å². The summed E-state index contributed by atoms with van der Waals surface area (Å²) in [6.07, 6.45) is -20.1. The first kappa shape index (κ1) is 76.3. The molecule has 5 aliphatic heterocycles. The fraction of sp³-hybridized carbons (Fsp3) is 0.551. The minimum atomic E-state index is -5.61. The third-order valence-electron chi connectivity index (χ3n) is 16.6. The van der Waals surface area contributed by atoms with Gasteiger partial charge in [0.05, 0.1) is 51.8 Å². The summed E-state index contributed by atoms with van der Waals surface area (Å²) in [6.45, 7) is -2.50. The zero-order chi connectivity index (χ0) is 74.9. The van der Waals surface area contributed by atoms with Crippen molar-refractivity contribution in [2.45, 2.75) is 138 Å². The van der Waals surface area contributed by atoms with Crippen LogP contribution in [-0.4, -0.2) is 196 Å². The van der Waals surface area contributed by atoms with Gasteiger partial charge in [0.25, 0.3) is 22.2 Å². The molecule has 0 spiro atoms. The van der Waals surface area contributed by atoms with Crippen molar-refractivity contribution < 1.29 is 122 Å². The van der Waals surface area contributed by atoms with E-state index < -0.39 is 229 Å². The highest BCUT2D eigenvalue weighted by atomic mass is 31.2. The van der Waals surface area contributed by atoms with Gasteiger partial charge in [0.15, 0.2) is 22.3 Å². The predicted molar refractivity (Wildman–Crippen MR) is 339 cm³/mol. The molecule has 4 unspecified atom stereocenters. The number of aromatic amines is 4. The maximum atomic E-state index is 14.2. The summed E-state index contributed by atoms with van der Waals surface area (Å²) in [6, 6.07) is 1.17. The second-order valence-electron chi connectivity index (χ2n) is 23.9. The quantitative estimate of drug-likeness (QED) is 0.0216. The molecule has 0 radical (unpaired) electrons. The number of fused-ring (bicyclic) bond motifs is 2. The average molecular weight is 1570 g/mol. The molecule has 7 aromatic rings. The van der Waals surface area contributed by atoms with Crippen LogP contribution in [0.3, 0.4) is 0 Å². The standard InChI is InChI=1S/C49H64N17O33P5/c1-19-10-63(48(73)60-41(19)68)34-7-23(27(93-34)13-86-100(75,76)77)97-103(82,83)89-15-29-24(8-35(94-29)64-11-20(2)42(69)61-49(64)74)98-104(84,85)88-14-28-22(6-33(92-28)62-4-3-31(50)55-47(62)72)96-102(80,81)90-16-30-25(9-36(95-30)66-18-54-38-40(66)57-46(52)59-44(38)71)99-101(78,79)87-12-26-21(67)5-32(91-26)65-17-53-37-39(65)56-45(51)58-43(37)70/h3-4,10-11,17-18,21-30,32-36,67H,5-9,12-16H2,1-2H3,(H,78,79)(H,80,81)(H,82,83)(H,84,85)(H2,50,55,72)(H,60,68,73)(H,61,69,74)(H2,75,76,77)(H3,51,56,58,70)(H3,52,57,59,71)/t21-,22-,23-,24-,25-,26+,27+,28+,29+,30+,32+,33+,34+,35+,36+/m0/s1. The summed E-state index contributed by atoms with van der Waals surface area (Å²) in [7, 11) is -27.2. The van der Waals surface area contributed by atoms with Crippen LogP contribution in [0.15, 0.2) is 70.9 Å². The highest BCUT2D eigenvalue weighted by Crippen LogP contribution is 2.55. The van der Waals surface area contributed by atoms with Crippen molar-refractivity contribution in [1.82, 2.24) is 67.7 Å². The van der Waals surface area contributed by atoms with Gasteiger partial charge in [0.2, 0.25) is 11.9 Å². The zero-order valence-corrected chi connectivity index (χ0v) is 57.9. The lowest BCUT2D eigenvalue weighted by molar-refractivity contribution is -0.0643. The Morgan fingerprint density at radius 1 is 0.462 bits per heavy atom. The van der Waals surface area contributed by atoms with Gasteiger partial charge in [0.1, 0.15) is 91.9 Å². The molecule has 0 aliphatic carbocycles. The number of aryl methyl sites for hydroxylation is 2. The number of aliphatic hydroxyl groups excluding tert-OH is 1. The van der Waals surface area contributed by atoms with Crippen molar-refractivity contribution in [3.05, 3.63) is 121 Å². The van der Waals surface area contributed by atoms with Gasteiger partial charge in [-0.3, -0.25) is 103 Å². The molecule has 568 valence electrons. The summed E-state index contributed by atoms with van der Waals surface area (Å²) in [4.78, 5) is 181. The van der Waals surface area contributed by atoms with Gasteiger partial charge in [-0.15, -0.1) is 0 Å². The topological polar surface area (TPSA) is 706 Å². The number of imidazole rings is 2. The Hall–Kier alpha value is -7.35. The number of nitrogens with zero attached hydrogens (tertiary/aromatic N) is 10. The lowest BCUT2D eigenvalue weighted by Crippen LogP contribution is -2.33. The molecule has 0 amide bonds. The van der Waals surface area contributed by atoms with Crippen LogP contribution < -0.4 is 56.5 Å². The second kappa shape index (κ2) is 29.8. The largest absolute Gasteiger partial charge is 0.472 e. The molecule has 50 nitrogen and oxygen atoms in total. The Morgan fingerprint density at radius 2 is 0.798 bits per heavy atom. The Labute approximate surface area is 576 Å². The number of ether oxygens (including phenoxy) is 5. The van der Waals surface area contributed by atoms with E-state index in [2.05, 4.69) is 39.4 Å².